The summed E-state index contributed by atoms with van der Waals surface area (Å²) in [7, 11) is 0. The summed E-state index contributed by atoms with van der Waals surface area (Å²) < 4.78 is 0. The number of rotatable bonds is 2. The van der Waals surface area contributed by atoms with Gasteiger partial charge in [0.05, 0.1) is 18.0 Å². The van der Waals surface area contributed by atoms with E-state index in [2.05, 4.69) is 19.9 Å². The van der Waals surface area contributed by atoms with Gasteiger partial charge in [-0.2, -0.15) is 4.98 Å². The van der Waals surface area contributed by atoms with E-state index in [1.807, 2.05) is 0 Å². The summed E-state index contributed by atoms with van der Waals surface area (Å²) in [4.78, 5) is 25.3. The number of nitrogens with two attached hydrogens (primary N) is 1. The lowest BCUT2D eigenvalue weighted by atomic mass is 10.2. The van der Waals surface area contributed by atoms with Gasteiger partial charge in [-0.3, -0.25) is 9.78 Å². The first-order chi connectivity index (χ1) is 7.99. The Kier molecular flexibility index (Phi) is 2.74. The van der Waals surface area contributed by atoms with E-state index in [1.165, 1.54) is 13.1 Å². The Morgan fingerprint density at radius 1 is 1.41 bits per heavy atom. The molecule has 0 saturated carbocycles. The summed E-state index contributed by atoms with van der Waals surface area (Å²) in [6.07, 6.45) is -0.975. The molecule has 0 aliphatic carbocycles. The molecular weight excluding hydrogens is 226 g/mol. The van der Waals surface area contributed by atoms with Gasteiger partial charge in [0.1, 0.15) is 6.10 Å². The minimum atomic E-state index is -1.20. The number of nitrogens with zero attached hydrogens (tertiary/aromatic N) is 3. The van der Waals surface area contributed by atoms with Gasteiger partial charge in [0.2, 0.25) is 5.95 Å². The quantitative estimate of drug-likeness (QED) is 0.509. The fraction of sp³-hybridized carbons (Fsp3) is 0.333. The molecule has 0 radical (unpaired) electrons. The number of hydrogen-bond donors (Lipinski definition) is 4. The Balaban J connectivity index is 2.62. The summed E-state index contributed by atoms with van der Waals surface area (Å²) in [5.41, 5.74) is 4.97. The van der Waals surface area contributed by atoms with Gasteiger partial charge in [0.25, 0.3) is 5.56 Å². The van der Waals surface area contributed by atoms with Gasteiger partial charge < -0.3 is 15.9 Å². The lowest BCUT2D eigenvalue weighted by Crippen LogP contribution is -2.18. The van der Waals surface area contributed by atoms with Crippen molar-refractivity contribution in [3.63, 3.8) is 0 Å². The molecule has 0 amide bonds. The van der Waals surface area contributed by atoms with Crippen molar-refractivity contribution in [2.45, 2.75) is 19.1 Å². The van der Waals surface area contributed by atoms with Crippen LogP contribution in [0, 0.1) is 0 Å². The molecule has 2 aromatic rings. The third-order valence-electron chi connectivity index (χ3n) is 2.21. The zero-order valence-corrected chi connectivity index (χ0v) is 8.95. The van der Waals surface area contributed by atoms with E-state index in [4.69, 9.17) is 5.73 Å². The van der Waals surface area contributed by atoms with Crippen LogP contribution in [0.2, 0.25) is 0 Å². The van der Waals surface area contributed by atoms with Crippen molar-refractivity contribution in [1.82, 2.24) is 19.9 Å². The average Bonchev–Trinajstić information content (AvgIpc) is 2.27. The molecule has 2 heterocycles. The molecule has 17 heavy (non-hydrogen) atoms. The van der Waals surface area contributed by atoms with E-state index in [9.17, 15) is 15.0 Å². The largest absolute Gasteiger partial charge is 0.390 e. The van der Waals surface area contributed by atoms with Crippen molar-refractivity contribution >= 4 is 17.1 Å². The maximum atomic E-state index is 11.5. The highest BCUT2D eigenvalue weighted by Gasteiger charge is 2.17. The normalized spacial score (nSPS) is 14.8. The van der Waals surface area contributed by atoms with Gasteiger partial charge in [-0.25, -0.2) is 9.97 Å². The highest BCUT2D eigenvalue weighted by atomic mass is 16.3. The lowest BCUT2D eigenvalue weighted by Gasteiger charge is -2.12. The lowest BCUT2D eigenvalue weighted by molar-refractivity contribution is 0.0278. The number of hydrogen-bond acceptors (Lipinski definition) is 7. The molecule has 0 bridgehead atoms. The molecule has 2 aromatic heterocycles. The first kappa shape index (κ1) is 11.4. The molecule has 2 rings (SSSR count). The molecule has 0 aromatic carbocycles. The van der Waals surface area contributed by atoms with Crippen molar-refractivity contribution in [3.8, 4) is 0 Å². The van der Waals surface area contributed by atoms with Crippen molar-refractivity contribution in [2.75, 3.05) is 5.73 Å². The molecule has 0 fully saturated rings. The molecule has 8 nitrogen and oxygen atoms in total. The summed E-state index contributed by atoms with van der Waals surface area (Å²) >= 11 is 0. The number of nitrogen functional groups attached to an aromatic ring is 1. The van der Waals surface area contributed by atoms with E-state index >= 15 is 0 Å². The molecule has 0 aliphatic rings. The number of aliphatic hydroxyl groups is 2. The van der Waals surface area contributed by atoms with Crippen LogP contribution in [-0.4, -0.2) is 36.3 Å². The van der Waals surface area contributed by atoms with Crippen LogP contribution in [0.15, 0.2) is 11.0 Å². The molecule has 0 aliphatic heterocycles. The zero-order chi connectivity index (χ0) is 12.6. The standard InChI is InChI=1S/C9H11N5O3/c1-3(15)6(16)4-2-11-7-5(12-4)8(17)14-9(10)13-7/h2-3,6,15-16H,1H3,(H3,10,11,13,14,17)/t3-,6?/m0/s1. The molecule has 5 N–H and O–H groups in total. The summed E-state index contributed by atoms with van der Waals surface area (Å²) in [5, 5.41) is 18.8. The first-order valence-electron chi connectivity index (χ1n) is 4.87. The Morgan fingerprint density at radius 3 is 2.76 bits per heavy atom. The van der Waals surface area contributed by atoms with Crippen molar-refractivity contribution in [2.24, 2.45) is 0 Å². The Morgan fingerprint density at radius 2 is 2.12 bits per heavy atom. The van der Waals surface area contributed by atoms with E-state index in [0.717, 1.165) is 0 Å². The van der Waals surface area contributed by atoms with Gasteiger partial charge in [0.15, 0.2) is 11.2 Å². The van der Waals surface area contributed by atoms with Crippen molar-refractivity contribution < 1.29 is 10.2 Å². The van der Waals surface area contributed by atoms with Gasteiger partial charge in [0, 0.05) is 0 Å². The summed E-state index contributed by atoms with van der Waals surface area (Å²) in [6.45, 7) is 1.40. The van der Waals surface area contributed by atoms with Gasteiger partial charge >= 0.3 is 0 Å². The predicted octanol–water partition coefficient (Wildman–Crippen LogP) is -1.29. The SMILES string of the molecule is C[C@H](O)C(O)c1cnc2nc(N)[nH]c(=O)c2n1. The van der Waals surface area contributed by atoms with E-state index in [0.29, 0.717) is 0 Å². The molecular formula is C9H11N5O3. The van der Waals surface area contributed by atoms with Crippen LogP contribution in [0.3, 0.4) is 0 Å². The predicted molar refractivity (Wildman–Crippen MR) is 59.0 cm³/mol. The number of fused-ring (bicyclic) bond motifs is 1. The summed E-state index contributed by atoms with van der Waals surface area (Å²) in [6, 6.07) is 0. The zero-order valence-electron chi connectivity index (χ0n) is 8.95. The molecule has 0 saturated heterocycles. The van der Waals surface area contributed by atoms with Crippen molar-refractivity contribution in [3.05, 3.63) is 22.2 Å². The third kappa shape index (κ3) is 2.08. The van der Waals surface area contributed by atoms with Crippen LogP contribution in [0.5, 0.6) is 0 Å². The van der Waals surface area contributed by atoms with Gasteiger partial charge in [-0.15, -0.1) is 0 Å². The molecule has 90 valence electrons. The van der Waals surface area contributed by atoms with Crippen LogP contribution in [0.1, 0.15) is 18.7 Å². The number of H-pyrrole nitrogens is 1. The maximum Gasteiger partial charge on any atom is 0.280 e. The number of aliphatic hydroxyl groups excluding tert-OH is 2. The Hall–Kier alpha value is -2.06. The van der Waals surface area contributed by atoms with Crippen molar-refractivity contribution in [1.29, 1.82) is 0 Å². The van der Waals surface area contributed by atoms with Crippen LogP contribution >= 0.6 is 0 Å². The second-order valence-electron chi connectivity index (χ2n) is 3.60. The second-order valence-corrected chi connectivity index (χ2v) is 3.60. The van der Waals surface area contributed by atoms with Gasteiger partial charge in [-0.1, -0.05) is 0 Å². The monoisotopic (exact) mass is 237 g/mol. The van der Waals surface area contributed by atoms with Crippen LogP contribution in [0.4, 0.5) is 5.95 Å². The van der Waals surface area contributed by atoms with Crippen LogP contribution in [-0.2, 0) is 0 Å². The molecule has 1 unspecified atom stereocenters. The first-order valence-corrected chi connectivity index (χ1v) is 4.87. The molecule has 2 atom stereocenters. The van der Waals surface area contributed by atoms with Crippen LogP contribution in [0.25, 0.3) is 11.2 Å². The van der Waals surface area contributed by atoms with E-state index < -0.39 is 17.8 Å². The fourth-order valence-corrected chi connectivity index (χ4v) is 1.34. The van der Waals surface area contributed by atoms with E-state index in [-0.39, 0.29) is 22.8 Å². The maximum absolute atomic E-state index is 11.5. The molecule has 0 spiro atoms. The number of anilines is 1. The second kappa shape index (κ2) is 4.07. The smallest absolute Gasteiger partial charge is 0.280 e. The topological polar surface area (TPSA) is 138 Å². The minimum absolute atomic E-state index is 0.0311. The Labute approximate surface area is 95.2 Å². The number of aromatic nitrogens is 4. The molecule has 8 heteroatoms. The summed E-state index contributed by atoms with van der Waals surface area (Å²) in [5.74, 6) is -0.0550. The van der Waals surface area contributed by atoms with Crippen LogP contribution < -0.4 is 11.3 Å². The number of aromatic amines is 1. The fourth-order valence-electron chi connectivity index (χ4n) is 1.34. The highest BCUT2D eigenvalue weighted by Crippen LogP contribution is 2.14. The number of nitrogens with one attached hydrogen (secondary N) is 1. The van der Waals surface area contributed by atoms with Gasteiger partial charge in [-0.05, 0) is 6.92 Å². The third-order valence-corrected chi connectivity index (χ3v) is 2.21. The highest BCUT2D eigenvalue weighted by molar-refractivity contribution is 5.69. The Bertz CT molecular complexity index is 609. The minimum Gasteiger partial charge on any atom is -0.390 e. The average molecular weight is 237 g/mol. The van der Waals surface area contributed by atoms with E-state index in [1.54, 1.807) is 0 Å².